The molecule has 2 saturated heterocycles. The molecule has 0 spiro atoms. The van der Waals surface area contributed by atoms with Gasteiger partial charge in [-0.2, -0.15) is 0 Å². The van der Waals surface area contributed by atoms with Crippen molar-refractivity contribution in [1.29, 1.82) is 0 Å². The average Bonchev–Trinajstić information content (AvgIpc) is 2.19. The molecule has 2 amide bonds. The van der Waals surface area contributed by atoms with Crippen LogP contribution in [0.1, 0.15) is 12.8 Å². The van der Waals surface area contributed by atoms with E-state index in [2.05, 4.69) is 21.1 Å². The lowest BCUT2D eigenvalue weighted by atomic mass is 10.1. The van der Waals surface area contributed by atoms with Gasteiger partial charge in [0.15, 0.2) is 0 Å². The van der Waals surface area contributed by atoms with Crippen molar-refractivity contribution in [2.45, 2.75) is 25.1 Å². The summed E-state index contributed by atoms with van der Waals surface area (Å²) in [5.74, 6) is 0. The standard InChI is InChI=1S/C8H16N4O2/c13-6-1-3-12(4-2-6)7-5-9-11-8(14)10-7/h6-7,9,13H,1-5H2,(H2,10,11,14). The van der Waals surface area contributed by atoms with E-state index in [1.54, 1.807) is 0 Å². The zero-order valence-corrected chi connectivity index (χ0v) is 7.99. The maximum Gasteiger partial charge on any atom is 0.330 e. The number of aliphatic hydroxyl groups is 1. The van der Waals surface area contributed by atoms with Crippen LogP contribution < -0.4 is 16.2 Å². The number of piperidine rings is 1. The third kappa shape index (κ3) is 2.14. The van der Waals surface area contributed by atoms with Crippen LogP contribution in [0.25, 0.3) is 0 Å². The highest BCUT2D eigenvalue weighted by molar-refractivity contribution is 5.74. The smallest absolute Gasteiger partial charge is 0.330 e. The lowest BCUT2D eigenvalue weighted by Crippen LogP contribution is -2.65. The summed E-state index contributed by atoms with van der Waals surface area (Å²) < 4.78 is 0. The van der Waals surface area contributed by atoms with E-state index >= 15 is 0 Å². The molecule has 0 aromatic heterocycles. The Labute approximate surface area is 82.6 Å². The SMILES string of the molecule is O=C1NNCC(N2CCC(O)CC2)N1. The first kappa shape index (κ1) is 9.70. The van der Waals surface area contributed by atoms with Gasteiger partial charge in [0, 0.05) is 19.6 Å². The highest BCUT2D eigenvalue weighted by Crippen LogP contribution is 2.12. The molecule has 2 aliphatic rings. The van der Waals surface area contributed by atoms with E-state index in [1.807, 2.05) is 0 Å². The summed E-state index contributed by atoms with van der Waals surface area (Å²) in [5, 5.41) is 12.2. The van der Waals surface area contributed by atoms with Gasteiger partial charge in [0.1, 0.15) is 0 Å². The predicted molar refractivity (Wildman–Crippen MR) is 50.3 cm³/mol. The number of amides is 2. The summed E-state index contributed by atoms with van der Waals surface area (Å²) in [5.41, 5.74) is 5.31. The minimum atomic E-state index is -0.188. The first-order valence-electron chi connectivity index (χ1n) is 4.97. The number of hydrogen-bond donors (Lipinski definition) is 4. The Morgan fingerprint density at radius 2 is 2.07 bits per heavy atom. The van der Waals surface area contributed by atoms with Crippen molar-refractivity contribution < 1.29 is 9.90 Å². The lowest BCUT2D eigenvalue weighted by Gasteiger charge is -2.38. The van der Waals surface area contributed by atoms with Gasteiger partial charge in [0.05, 0.1) is 12.3 Å². The molecule has 1 unspecified atom stereocenters. The van der Waals surface area contributed by atoms with Crippen LogP contribution >= 0.6 is 0 Å². The molecule has 0 aromatic rings. The molecular formula is C8H16N4O2. The monoisotopic (exact) mass is 200 g/mol. The zero-order chi connectivity index (χ0) is 9.97. The second-order valence-corrected chi connectivity index (χ2v) is 3.76. The van der Waals surface area contributed by atoms with Gasteiger partial charge in [0.2, 0.25) is 0 Å². The molecule has 1 atom stereocenters. The van der Waals surface area contributed by atoms with Crippen LogP contribution in [0.3, 0.4) is 0 Å². The molecule has 0 aliphatic carbocycles. The highest BCUT2D eigenvalue weighted by atomic mass is 16.3. The molecule has 14 heavy (non-hydrogen) atoms. The molecular weight excluding hydrogens is 184 g/mol. The van der Waals surface area contributed by atoms with Crippen LogP contribution in [-0.4, -0.2) is 47.9 Å². The Morgan fingerprint density at radius 1 is 1.36 bits per heavy atom. The molecule has 4 N–H and O–H groups in total. The Bertz CT molecular complexity index is 215. The topological polar surface area (TPSA) is 76.6 Å². The van der Waals surface area contributed by atoms with E-state index in [0.29, 0.717) is 6.54 Å². The van der Waals surface area contributed by atoms with Gasteiger partial charge in [-0.3, -0.25) is 10.3 Å². The van der Waals surface area contributed by atoms with Gasteiger partial charge in [-0.05, 0) is 12.8 Å². The minimum Gasteiger partial charge on any atom is -0.393 e. The fourth-order valence-corrected chi connectivity index (χ4v) is 1.88. The molecule has 2 rings (SSSR count). The maximum absolute atomic E-state index is 11.0. The second-order valence-electron chi connectivity index (χ2n) is 3.76. The van der Waals surface area contributed by atoms with Crippen LogP contribution in [0.5, 0.6) is 0 Å². The number of urea groups is 1. The number of rotatable bonds is 1. The van der Waals surface area contributed by atoms with Crippen molar-refractivity contribution in [3.63, 3.8) is 0 Å². The Hall–Kier alpha value is -0.850. The third-order valence-electron chi connectivity index (χ3n) is 2.73. The third-order valence-corrected chi connectivity index (χ3v) is 2.73. The number of nitrogens with zero attached hydrogens (tertiary/aromatic N) is 1. The average molecular weight is 200 g/mol. The molecule has 6 heteroatoms. The van der Waals surface area contributed by atoms with E-state index in [-0.39, 0.29) is 18.3 Å². The van der Waals surface area contributed by atoms with E-state index in [4.69, 9.17) is 0 Å². The van der Waals surface area contributed by atoms with Crippen molar-refractivity contribution in [1.82, 2.24) is 21.1 Å². The normalized spacial score (nSPS) is 30.9. The van der Waals surface area contributed by atoms with Gasteiger partial charge in [-0.25, -0.2) is 10.2 Å². The maximum atomic E-state index is 11.0. The molecule has 80 valence electrons. The summed E-state index contributed by atoms with van der Waals surface area (Å²) in [6.07, 6.45) is 1.47. The van der Waals surface area contributed by atoms with Crippen molar-refractivity contribution >= 4 is 6.03 Å². The lowest BCUT2D eigenvalue weighted by molar-refractivity contribution is 0.0493. The van der Waals surface area contributed by atoms with E-state index in [9.17, 15) is 9.90 Å². The number of nitrogens with one attached hydrogen (secondary N) is 3. The first-order valence-corrected chi connectivity index (χ1v) is 4.97. The molecule has 2 aliphatic heterocycles. The molecule has 2 fully saturated rings. The summed E-state index contributed by atoms with van der Waals surface area (Å²) >= 11 is 0. The van der Waals surface area contributed by atoms with Crippen LogP contribution in [0, 0.1) is 0 Å². The molecule has 6 nitrogen and oxygen atoms in total. The number of hydrazine groups is 1. The van der Waals surface area contributed by atoms with Crippen molar-refractivity contribution in [3.8, 4) is 0 Å². The molecule has 0 radical (unpaired) electrons. The molecule has 0 bridgehead atoms. The first-order chi connectivity index (χ1) is 6.75. The Morgan fingerprint density at radius 3 is 2.71 bits per heavy atom. The minimum absolute atomic E-state index is 0.0521. The zero-order valence-electron chi connectivity index (χ0n) is 7.99. The number of hydrogen-bond acceptors (Lipinski definition) is 4. The molecule has 0 aromatic carbocycles. The fourth-order valence-electron chi connectivity index (χ4n) is 1.88. The molecule has 2 heterocycles. The summed E-state index contributed by atoms with van der Waals surface area (Å²) in [6, 6.07) is -0.188. The summed E-state index contributed by atoms with van der Waals surface area (Å²) in [7, 11) is 0. The van der Waals surface area contributed by atoms with Gasteiger partial charge in [-0.1, -0.05) is 0 Å². The van der Waals surface area contributed by atoms with Gasteiger partial charge in [0.25, 0.3) is 0 Å². The van der Waals surface area contributed by atoms with Gasteiger partial charge < -0.3 is 10.4 Å². The Balaban J connectivity index is 1.85. The largest absolute Gasteiger partial charge is 0.393 e. The van der Waals surface area contributed by atoms with Crippen molar-refractivity contribution in [3.05, 3.63) is 0 Å². The van der Waals surface area contributed by atoms with Crippen LogP contribution in [0.15, 0.2) is 0 Å². The number of aliphatic hydroxyl groups excluding tert-OH is 1. The highest BCUT2D eigenvalue weighted by Gasteiger charge is 2.27. The van der Waals surface area contributed by atoms with E-state index in [1.165, 1.54) is 0 Å². The Kier molecular flexibility index (Phi) is 2.85. The number of likely N-dealkylation sites (tertiary alicyclic amines) is 1. The van der Waals surface area contributed by atoms with E-state index < -0.39 is 0 Å². The predicted octanol–water partition coefficient (Wildman–Crippen LogP) is -1.41. The van der Waals surface area contributed by atoms with Gasteiger partial charge in [-0.15, -0.1) is 0 Å². The van der Waals surface area contributed by atoms with Crippen LogP contribution in [0.2, 0.25) is 0 Å². The summed E-state index contributed by atoms with van der Waals surface area (Å²) in [6.45, 7) is 2.38. The number of carbonyl (C=O) groups excluding carboxylic acids is 1. The quantitative estimate of drug-likeness (QED) is 0.419. The fraction of sp³-hybridized carbons (Fsp3) is 0.875. The van der Waals surface area contributed by atoms with Crippen molar-refractivity contribution in [2.75, 3.05) is 19.6 Å². The van der Waals surface area contributed by atoms with Crippen molar-refractivity contribution in [2.24, 2.45) is 0 Å². The second kappa shape index (κ2) is 4.12. The van der Waals surface area contributed by atoms with Crippen LogP contribution in [0.4, 0.5) is 4.79 Å². The van der Waals surface area contributed by atoms with Crippen LogP contribution in [-0.2, 0) is 0 Å². The van der Waals surface area contributed by atoms with Gasteiger partial charge >= 0.3 is 6.03 Å². The number of carbonyl (C=O) groups is 1. The van der Waals surface area contributed by atoms with E-state index in [0.717, 1.165) is 25.9 Å². The summed E-state index contributed by atoms with van der Waals surface area (Å²) in [4.78, 5) is 13.2. The molecule has 0 saturated carbocycles.